The van der Waals surface area contributed by atoms with Gasteiger partial charge in [0.05, 0.1) is 41.4 Å². The summed E-state index contributed by atoms with van der Waals surface area (Å²) < 4.78 is 2.43. The van der Waals surface area contributed by atoms with Gasteiger partial charge in [0.1, 0.15) is 27.4 Å². The number of carbonyl (C=O) groups excluding carboxylic acids is 2. The Hall–Kier alpha value is -3.68. The molecular formula is C26H24ClN7O2S. The summed E-state index contributed by atoms with van der Waals surface area (Å²) >= 11 is 7.01. The minimum Gasteiger partial charge on any atom is -0.340 e. The summed E-state index contributed by atoms with van der Waals surface area (Å²) in [5.41, 5.74) is 2.93. The van der Waals surface area contributed by atoms with Crippen molar-refractivity contribution in [2.45, 2.75) is 51.6 Å². The molecule has 1 aliphatic rings. The Kier molecular flexibility index (Phi) is 7.00. The molecule has 2 atom stereocenters. The first-order valence-electron chi connectivity index (χ1n) is 12.0. The molecule has 4 aromatic rings. The predicted molar refractivity (Wildman–Crippen MR) is 140 cm³/mol. The number of carbonyl (C=O) groups is 2. The van der Waals surface area contributed by atoms with Gasteiger partial charge in [-0.15, -0.1) is 0 Å². The molecule has 37 heavy (non-hydrogen) atoms. The normalized spacial score (nSPS) is 17.8. The third-order valence-electron chi connectivity index (χ3n) is 6.30. The van der Waals surface area contributed by atoms with E-state index in [0.717, 1.165) is 29.1 Å². The van der Waals surface area contributed by atoms with E-state index in [1.807, 2.05) is 10.6 Å². The van der Waals surface area contributed by atoms with Gasteiger partial charge < -0.3 is 9.88 Å². The summed E-state index contributed by atoms with van der Waals surface area (Å²) in [6, 6.07) is 8.03. The van der Waals surface area contributed by atoms with Crippen molar-refractivity contribution in [3.63, 3.8) is 0 Å². The molecule has 188 valence electrons. The molecule has 0 saturated heterocycles. The highest BCUT2D eigenvalue weighted by Gasteiger charge is 2.36. The van der Waals surface area contributed by atoms with Gasteiger partial charge in [-0.2, -0.15) is 5.26 Å². The predicted octanol–water partition coefficient (Wildman–Crippen LogP) is 4.77. The van der Waals surface area contributed by atoms with Gasteiger partial charge in [0.25, 0.3) is 5.91 Å². The first-order valence-corrected chi connectivity index (χ1v) is 13.2. The number of hydrogen-bond acceptors (Lipinski definition) is 8. The number of imidazole rings is 1. The highest BCUT2D eigenvalue weighted by Crippen LogP contribution is 2.33. The lowest BCUT2D eigenvalue weighted by atomic mass is 9.89. The molecule has 0 spiro atoms. The molecule has 1 fully saturated rings. The SMILES string of the molecule is CC(C)Cc1nc2cnc(-c3cccc(C#N)n3)cc2n1[C@H]1CCCC(NC(=O)c2ncc(Cl)s2)C1=O. The van der Waals surface area contributed by atoms with Crippen LogP contribution in [-0.4, -0.2) is 42.2 Å². The zero-order chi connectivity index (χ0) is 26.1. The molecule has 4 aromatic heterocycles. The standard InChI is InChI=1S/C26H24ClN7O2S/c1-14(2)9-23-32-19-12-29-18(16-6-3-5-15(11-28)31-16)10-21(19)34(23)20-8-4-7-17(24(20)35)33-25(36)26-30-13-22(27)37-26/h3,5-6,10,12-14,17,20H,4,7-9H2,1-2H3,(H,33,36)/t17?,20-/m0/s1. The molecule has 0 aromatic carbocycles. The monoisotopic (exact) mass is 533 g/mol. The summed E-state index contributed by atoms with van der Waals surface area (Å²) in [7, 11) is 0. The van der Waals surface area contributed by atoms with E-state index in [-0.39, 0.29) is 10.8 Å². The van der Waals surface area contributed by atoms with Gasteiger partial charge in [0.15, 0.2) is 10.8 Å². The zero-order valence-corrected chi connectivity index (χ0v) is 21.9. The van der Waals surface area contributed by atoms with Gasteiger partial charge in [-0.1, -0.05) is 42.9 Å². The molecule has 1 amide bonds. The van der Waals surface area contributed by atoms with E-state index >= 15 is 0 Å². The molecule has 11 heteroatoms. The zero-order valence-electron chi connectivity index (χ0n) is 20.3. The second kappa shape index (κ2) is 10.4. The van der Waals surface area contributed by atoms with Crippen LogP contribution in [0.5, 0.6) is 0 Å². The Labute approximate surface area is 222 Å². The van der Waals surface area contributed by atoms with E-state index in [1.54, 1.807) is 24.4 Å². The summed E-state index contributed by atoms with van der Waals surface area (Å²) in [5, 5.41) is 12.3. The van der Waals surface area contributed by atoms with Crippen molar-refractivity contribution >= 4 is 45.7 Å². The number of halogens is 1. The molecule has 0 bridgehead atoms. The molecule has 9 nitrogen and oxygen atoms in total. The van der Waals surface area contributed by atoms with Crippen LogP contribution >= 0.6 is 22.9 Å². The number of thiazole rings is 1. The summed E-state index contributed by atoms with van der Waals surface area (Å²) in [4.78, 5) is 44.2. The highest BCUT2D eigenvalue weighted by molar-refractivity contribution is 7.17. The van der Waals surface area contributed by atoms with Gasteiger partial charge in [0.2, 0.25) is 0 Å². The van der Waals surface area contributed by atoms with Gasteiger partial charge in [0, 0.05) is 6.42 Å². The van der Waals surface area contributed by atoms with Crippen molar-refractivity contribution in [2.75, 3.05) is 0 Å². The first-order chi connectivity index (χ1) is 17.8. The number of nitriles is 1. The third-order valence-corrected chi connectivity index (χ3v) is 7.41. The number of aromatic nitrogens is 5. The minimum absolute atomic E-state index is 0.0606. The second-order valence-corrected chi connectivity index (χ2v) is 11.1. The molecule has 4 heterocycles. The van der Waals surface area contributed by atoms with Gasteiger partial charge >= 0.3 is 0 Å². The molecule has 0 aliphatic heterocycles. The Balaban J connectivity index is 1.53. The number of Topliss-reactive ketones (excluding diaryl/α,β-unsaturated/α-hetero) is 1. The maximum atomic E-state index is 13.7. The van der Waals surface area contributed by atoms with E-state index in [9.17, 15) is 14.9 Å². The summed E-state index contributed by atoms with van der Waals surface area (Å²) in [5.74, 6) is 0.666. The molecule has 1 aliphatic carbocycles. The van der Waals surface area contributed by atoms with Crippen molar-refractivity contribution in [3.8, 4) is 17.5 Å². The van der Waals surface area contributed by atoms with Crippen LogP contribution in [0.1, 0.15) is 60.5 Å². The van der Waals surface area contributed by atoms with Gasteiger partial charge in [-0.25, -0.2) is 15.0 Å². The van der Waals surface area contributed by atoms with E-state index in [4.69, 9.17) is 16.6 Å². The molecule has 1 unspecified atom stereocenters. The molecule has 1 saturated carbocycles. The largest absolute Gasteiger partial charge is 0.340 e. The number of nitrogens with one attached hydrogen (secondary N) is 1. The lowest BCUT2D eigenvalue weighted by molar-refractivity contribution is -0.126. The smallest absolute Gasteiger partial charge is 0.280 e. The lowest BCUT2D eigenvalue weighted by Gasteiger charge is -2.30. The van der Waals surface area contributed by atoms with Crippen LogP contribution in [0.2, 0.25) is 4.34 Å². The van der Waals surface area contributed by atoms with Crippen molar-refractivity contribution in [3.05, 3.63) is 57.5 Å². The third kappa shape index (κ3) is 5.10. The maximum Gasteiger partial charge on any atom is 0.280 e. The van der Waals surface area contributed by atoms with E-state index in [0.29, 0.717) is 52.1 Å². The number of hydrogen-bond donors (Lipinski definition) is 1. The molecule has 5 rings (SSSR count). The van der Waals surface area contributed by atoms with Crippen LogP contribution in [0.15, 0.2) is 36.7 Å². The van der Waals surface area contributed by atoms with Gasteiger partial charge in [-0.3, -0.25) is 14.6 Å². The molecule has 0 radical (unpaired) electrons. The number of fused-ring (bicyclic) bond motifs is 1. The number of pyridine rings is 2. The van der Waals surface area contributed by atoms with Crippen molar-refractivity contribution in [1.29, 1.82) is 5.26 Å². The maximum absolute atomic E-state index is 13.7. The first kappa shape index (κ1) is 25.0. The van der Waals surface area contributed by atoms with Crippen molar-refractivity contribution in [1.82, 2.24) is 29.8 Å². The quantitative estimate of drug-likeness (QED) is 0.378. The topological polar surface area (TPSA) is 126 Å². The van der Waals surface area contributed by atoms with Gasteiger partial charge in [-0.05, 0) is 43.4 Å². The van der Waals surface area contributed by atoms with E-state index in [2.05, 4.69) is 40.2 Å². The highest BCUT2D eigenvalue weighted by atomic mass is 35.5. The lowest BCUT2D eigenvalue weighted by Crippen LogP contribution is -2.46. The van der Waals surface area contributed by atoms with Crippen molar-refractivity contribution in [2.24, 2.45) is 5.92 Å². The minimum atomic E-state index is -0.631. The Morgan fingerprint density at radius 2 is 2.08 bits per heavy atom. The Morgan fingerprint density at radius 3 is 2.81 bits per heavy atom. The van der Waals surface area contributed by atoms with Crippen LogP contribution in [0.4, 0.5) is 0 Å². The second-order valence-electron chi connectivity index (χ2n) is 9.42. The van der Waals surface area contributed by atoms with E-state index < -0.39 is 18.0 Å². The van der Waals surface area contributed by atoms with Crippen LogP contribution < -0.4 is 5.32 Å². The molecular weight excluding hydrogens is 510 g/mol. The molecule has 1 N–H and O–H groups in total. The number of amides is 1. The van der Waals surface area contributed by atoms with E-state index in [1.165, 1.54) is 6.20 Å². The van der Waals surface area contributed by atoms with Crippen LogP contribution in [-0.2, 0) is 11.2 Å². The summed E-state index contributed by atoms with van der Waals surface area (Å²) in [6.07, 6.45) is 5.77. The fourth-order valence-corrected chi connectivity index (χ4v) is 5.51. The number of nitrogens with zero attached hydrogens (tertiary/aromatic N) is 6. The van der Waals surface area contributed by atoms with Crippen molar-refractivity contribution < 1.29 is 9.59 Å². The fraction of sp³-hybridized carbons (Fsp3) is 0.346. The average molecular weight is 534 g/mol. The van der Waals surface area contributed by atoms with Crippen LogP contribution in [0.3, 0.4) is 0 Å². The van der Waals surface area contributed by atoms with Crippen LogP contribution in [0.25, 0.3) is 22.4 Å². The number of rotatable bonds is 6. The average Bonchev–Trinajstić information content (AvgIpc) is 3.47. The Bertz CT molecular complexity index is 1540. The Morgan fingerprint density at radius 1 is 1.24 bits per heavy atom. The number of ketones is 1. The fourth-order valence-electron chi connectivity index (χ4n) is 4.70. The summed E-state index contributed by atoms with van der Waals surface area (Å²) in [6.45, 7) is 4.21. The van der Waals surface area contributed by atoms with Crippen LogP contribution in [0, 0.1) is 17.2 Å².